The second-order valence-corrected chi connectivity index (χ2v) is 12.4. The lowest BCUT2D eigenvalue weighted by Gasteiger charge is -2.22. The van der Waals surface area contributed by atoms with Gasteiger partial charge in [0.1, 0.15) is 18.0 Å². The summed E-state index contributed by atoms with van der Waals surface area (Å²) in [4.78, 5) is 8.42. The summed E-state index contributed by atoms with van der Waals surface area (Å²) in [5.41, 5.74) is -0.487. The summed E-state index contributed by atoms with van der Waals surface area (Å²) in [5, 5.41) is 0. The van der Waals surface area contributed by atoms with Crippen molar-refractivity contribution in [1.82, 2.24) is 14.5 Å². The Kier molecular flexibility index (Phi) is 5.52. The Bertz CT molecular complexity index is 1480. The Hall–Kier alpha value is -2.93. The third-order valence-electron chi connectivity index (χ3n) is 4.81. The molecule has 3 heterocycles. The number of aromatic nitrogens is 3. The number of ether oxygens (including phenoxy) is 1. The Morgan fingerprint density at radius 3 is 2.58 bits per heavy atom. The van der Waals surface area contributed by atoms with Crippen LogP contribution in [0.15, 0.2) is 45.9 Å². The van der Waals surface area contributed by atoms with Gasteiger partial charge in [-0.15, -0.1) is 0 Å². The highest BCUT2D eigenvalue weighted by molar-refractivity contribution is 7.92. The van der Waals surface area contributed by atoms with E-state index in [0.29, 0.717) is 0 Å². The van der Waals surface area contributed by atoms with Gasteiger partial charge in [0.25, 0.3) is 0 Å². The highest BCUT2D eigenvalue weighted by atomic mass is 32.2. The third kappa shape index (κ3) is 4.47. The van der Waals surface area contributed by atoms with Gasteiger partial charge in [0.05, 0.1) is 33.8 Å². The maximum absolute atomic E-state index is 13.4. The van der Waals surface area contributed by atoms with Gasteiger partial charge in [-0.05, 0) is 18.2 Å². The molecule has 8 nitrogen and oxygen atoms in total. The molecule has 0 saturated carbocycles. The SMILES string of the molecule is CCS(=O)(=O)c1cc(N=S(C)(C)=O)cnc1-c1cn2c(n1)COc1c-2cccc1C(F)(F)F. The minimum atomic E-state index is -4.60. The van der Waals surface area contributed by atoms with Gasteiger partial charge >= 0.3 is 6.18 Å². The molecule has 1 aromatic carbocycles. The number of nitrogens with zero attached hydrogens (tertiary/aromatic N) is 4. The molecular formula is C20H19F3N4O4S2. The number of rotatable bonds is 4. The highest BCUT2D eigenvalue weighted by Crippen LogP contribution is 2.42. The number of para-hydroxylation sites is 1. The van der Waals surface area contributed by atoms with Gasteiger partial charge < -0.3 is 4.74 Å². The number of fused-ring (bicyclic) bond motifs is 3. The van der Waals surface area contributed by atoms with Crippen LogP contribution in [0.2, 0.25) is 0 Å². The molecular weight excluding hydrogens is 481 g/mol. The van der Waals surface area contributed by atoms with Crippen LogP contribution >= 0.6 is 0 Å². The molecule has 0 fully saturated rings. The maximum Gasteiger partial charge on any atom is 0.420 e. The molecule has 1 aliphatic heterocycles. The largest absolute Gasteiger partial charge is 0.483 e. The molecule has 2 aromatic heterocycles. The van der Waals surface area contributed by atoms with Crippen molar-refractivity contribution in [2.24, 2.45) is 4.36 Å². The van der Waals surface area contributed by atoms with Crippen molar-refractivity contribution in [3.8, 4) is 22.8 Å². The van der Waals surface area contributed by atoms with E-state index in [-0.39, 0.29) is 51.6 Å². The van der Waals surface area contributed by atoms with Gasteiger partial charge in [-0.3, -0.25) is 9.55 Å². The number of halogens is 3. The lowest BCUT2D eigenvalue weighted by molar-refractivity contribution is -0.139. The zero-order valence-electron chi connectivity index (χ0n) is 17.8. The van der Waals surface area contributed by atoms with Crippen molar-refractivity contribution in [3.05, 3.63) is 48.0 Å². The number of hydrogen-bond acceptors (Lipinski definition) is 7. The normalized spacial score (nSPS) is 13.8. The van der Waals surface area contributed by atoms with Crippen molar-refractivity contribution in [2.45, 2.75) is 24.6 Å². The monoisotopic (exact) mass is 500 g/mol. The van der Waals surface area contributed by atoms with Crippen LogP contribution in [0.3, 0.4) is 0 Å². The molecule has 0 saturated heterocycles. The van der Waals surface area contributed by atoms with E-state index in [2.05, 4.69) is 14.3 Å². The van der Waals surface area contributed by atoms with Crippen LogP contribution in [0.4, 0.5) is 18.9 Å². The fourth-order valence-corrected chi connectivity index (χ4v) is 5.06. The maximum atomic E-state index is 13.4. The molecule has 1 aliphatic rings. The third-order valence-corrected chi connectivity index (χ3v) is 7.20. The first kappa shape index (κ1) is 23.2. The summed E-state index contributed by atoms with van der Waals surface area (Å²) >= 11 is 0. The summed E-state index contributed by atoms with van der Waals surface area (Å²) in [6.07, 6.45) is 0.914. The van der Waals surface area contributed by atoms with E-state index < -0.39 is 31.3 Å². The first-order valence-corrected chi connectivity index (χ1v) is 13.6. The second kappa shape index (κ2) is 7.83. The van der Waals surface area contributed by atoms with Crippen molar-refractivity contribution in [2.75, 3.05) is 18.3 Å². The molecule has 3 aromatic rings. The molecule has 0 amide bonds. The smallest absolute Gasteiger partial charge is 0.420 e. The van der Waals surface area contributed by atoms with Crippen molar-refractivity contribution in [1.29, 1.82) is 0 Å². The lowest BCUT2D eigenvalue weighted by Crippen LogP contribution is -2.17. The van der Waals surface area contributed by atoms with Crippen LogP contribution in [0, 0.1) is 0 Å². The average Bonchev–Trinajstić information content (AvgIpc) is 3.16. The number of benzene rings is 1. The van der Waals surface area contributed by atoms with Crippen LogP contribution < -0.4 is 4.74 Å². The van der Waals surface area contributed by atoms with Crippen LogP contribution in [0.5, 0.6) is 5.75 Å². The summed E-state index contributed by atoms with van der Waals surface area (Å²) in [5.74, 6) is -0.268. The van der Waals surface area contributed by atoms with Gasteiger partial charge in [0.15, 0.2) is 21.4 Å². The number of pyridine rings is 1. The first-order chi connectivity index (χ1) is 15.3. The average molecular weight is 501 g/mol. The van der Waals surface area contributed by atoms with E-state index >= 15 is 0 Å². The molecule has 176 valence electrons. The molecule has 33 heavy (non-hydrogen) atoms. The number of sulfone groups is 1. The minimum absolute atomic E-state index is 0.0185. The van der Waals surface area contributed by atoms with Gasteiger partial charge in [-0.2, -0.15) is 17.5 Å². The van der Waals surface area contributed by atoms with E-state index in [4.69, 9.17) is 4.74 Å². The molecule has 0 radical (unpaired) electrons. The first-order valence-electron chi connectivity index (χ1n) is 9.62. The zero-order valence-corrected chi connectivity index (χ0v) is 19.4. The van der Waals surface area contributed by atoms with Crippen molar-refractivity contribution in [3.63, 3.8) is 0 Å². The molecule has 0 aliphatic carbocycles. The van der Waals surface area contributed by atoms with Crippen molar-refractivity contribution >= 4 is 25.3 Å². The van der Waals surface area contributed by atoms with E-state index in [9.17, 15) is 25.8 Å². The van der Waals surface area contributed by atoms with E-state index in [1.165, 1.54) is 54.6 Å². The molecule has 0 spiro atoms. The van der Waals surface area contributed by atoms with Crippen LogP contribution in [-0.4, -0.2) is 45.4 Å². The quantitative estimate of drug-likeness (QED) is 0.537. The summed E-state index contributed by atoms with van der Waals surface area (Å²) < 4.78 is 88.5. The fourth-order valence-electron chi connectivity index (χ4n) is 3.39. The van der Waals surface area contributed by atoms with E-state index in [1.807, 2.05) is 0 Å². The predicted molar refractivity (Wildman–Crippen MR) is 116 cm³/mol. The van der Waals surface area contributed by atoms with Crippen LogP contribution in [0.25, 0.3) is 17.1 Å². The zero-order chi connectivity index (χ0) is 24.2. The Morgan fingerprint density at radius 1 is 1.21 bits per heavy atom. The van der Waals surface area contributed by atoms with Gasteiger partial charge in [0, 0.05) is 28.4 Å². The summed E-state index contributed by atoms with van der Waals surface area (Å²) in [7, 11) is -6.35. The topological polar surface area (TPSA) is 104 Å². The molecule has 13 heteroatoms. The van der Waals surface area contributed by atoms with Crippen LogP contribution in [-0.2, 0) is 32.3 Å². The summed E-state index contributed by atoms with van der Waals surface area (Å²) in [6.45, 7) is 1.23. The highest BCUT2D eigenvalue weighted by Gasteiger charge is 2.37. The number of imidazole rings is 1. The predicted octanol–water partition coefficient (Wildman–Crippen LogP) is 4.00. The standard InChI is InChI=1S/C20H19F3N4O4S2/c1-4-33(29,30)16-8-12(26-32(2,3)28)9-24-18(16)14-10-27-15-7-5-6-13(20(21,22)23)19(15)31-11-17(27)25-14/h5-10H,4,11H2,1-3H3. The molecule has 0 unspecified atom stereocenters. The molecule has 0 bridgehead atoms. The Balaban J connectivity index is 1.90. The Morgan fingerprint density at radius 2 is 1.94 bits per heavy atom. The van der Waals surface area contributed by atoms with E-state index in [1.54, 1.807) is 0 Å². The van der Waals surface area contributed by atoms with Crippen LogP contribution in [0.1, 0.15) is 18.3 Å². The fraction of sp³-hybridized carbons (Fsp3) is 0.300. The van der Waals surface area contributed by atoms with E-state index in [0.717, 1.165) is 6.07 Å². The van der Waals surface area contributed by atoms with Crippen molar-refractivity contribution < 1.29 is 30.5 Å². The van der Waals surface area contributed by atoms with Gasteiger partial charge in [-0.1, -0.05) is 13.0 Å². The molecule has 4 rings (SSSR count). The Labute approximate surface area is 188 Å². The summed E-state index contributed by atoms with van der Waals surface area (Å²) in [6, 6.07) is 4.92. The van der Waals surface area contributed by atoms with Gasteiger partial charge in [0.2, 0.25) is 0 Å². The lowest BCUT2D eigenvalue weighted by atomic mass is 10.1. The number of hydrogen-bond donors (Lipinski definition) is 0. The molecule has 0 N–H and O–H groups in total. The number of alkyl halides is 3. The minimum Gasteiger partial charge on any atom is -0.483 e. The van der Waals surface area contributed by atoms with Gasteiger partial charge in [-0.25, -0.2) is 17.6 Å². The molecule has 0 atom stereocenters. The second-order valence-electron chi connectivity index (χ2n) is 7.57.